The number of ketones is 3. The van der Waals surface area contributed by atoms with Gasteiger partial charge >= 0.3 is 7.60 Å². The van der Waals surface area contributed by atoms with Crippen LogP contribution in [0.15, 0.2) is 0 Å². The van der Waals surface area contributed by atoms with E-state index in [9.17, 15) is 33.4 Å². The lowest BCUT2D eigenvalue weighted by Gasteiger charge is -2.20. The third-order valence-corrected chi connectivity index (χ3v) is 9.77. The van der Waals surface area contributed by atoms with E-state index in [-0.39, 0.29) is 88.5 Å². The van der Waals surface area contributed by atoms with Crippen LogP contribution in [0.3, 0.4) is 0 Å². The van der Waals surface area contributed by atoms with Crippen molar-refractivity contribution in [2.45, 2.75) is 102 Å². The van der Waals surface area contributed by atoms with Gasteiger partial charge in [0.1, 0.15) is 5.78 Å². The Kier molecular flexibility index (Phi) is 32.7. The molecule has 0 aromatic rings. The average Bonchev–Trinajstić information content (AvgIpc) is 3.13. The molecular formula is C36H67N2O15P. The van der Waals surface area contributed by atoms with Crippen LogP contribution < -0.4 is 10.6 Å². The summed E-state index contributed by atoms with van der Waals surface area (Å²) >= 11 is 0. The quantitative estimate of drug-likeness (QED) is 0.0601. The molecule has 0 aliphatic carbocycles. The van der Waals surface area contributed by atoms with Gasteiger partial charge in [0.2, 0.25) is 11.8 Å². The lowest BCUT2D eigenvalue weighted by atomic mass is 9.99. The van der Waals surface area contributed by atoms with Gasteiger partial charge in [0, 0.05) is 79.7 Å². The zero-order valence-corrected chi connectivity index (χ0v) is 34.0. The fourth-order valence-corrected chi connectivity index (χ4v) is 5.29. The summed E-state index contributed by atoms with van der Waals surface area (Å²) in [6.45, 7) is 6.53. The highest BCUT2D eigenvalue weighted by Gasteiger charge is 2.26. The third kappa shape index (κ3) is 29.2. The molecule has 18 heteroatoms. The van der Waals surface area contributed by atoms with Crippen molar-refractivity contribution < 1.29 is 71.1 Å². The molecule has 0 aliphatic heterocycles. The Hall–Kier alpha value is -2.18. The third-order valence-electron chi connectivity index (χ3n) is 7.91. The highest BCUT2D eigenvalue weighted by Crippen LogP contribution is 2.46. The van der Waals surface area contributed by atoms with Crippen molar-refractivity contribution >= 4 is 36.8 Å². The van der Waals surface area contributed by atoms with E-state index in [1.165, 1.54) is 0 Å². The summed E-state index contributed by atoms with van der Waals surface area (Å²) in [5, 5.41) is 5.44. The van der Waals surface area contributed by atoms with E-state index in [1.807, 2.05) is 0 Å². The highest BCUT2D eigenvalue weighted by molar-refractivity contribution is 7.53. The molecule has 17 nitrogen and oxygen atoms in total. The second-order valence-corrected chi connectivity index (χ2v) is 15.2. The molecule has 3 N–H and O–H groups in total. The number of amides is 2. The van der Waals surface area contributed by atoms with Crippen molar-refractivity contribution in [1.82, 2.24) is 10.6 Å². The van der Waals surface area contributed by atoms with E-state index in [1.54, 1.807) is 35.2 Å². The van der Waals surface area contributed by atoms with Crippen molar-refractivity contribution in [3.63, 3.8) is 0 Å². The number of ether oxygens (including phenoxy) is 7. The number of hydrogen-bond donors (Lipinski definition) is 3. The maximum absolute atomic E-state index is 13.2. The number of nitrogens with one attached hydrogen (secondary N) is 2. The number of Topliss-reactive ketones (excluding diaryl/α,β-unsaturated/α-hetero) is 3. The Labute approximate surface area is 321 Å². The van der Waals surface area contributed by atoms with Gasteiger partial charge in [-0.25, -0.2) is 0 Å². The van der Waals surface area contributed by atoms with Gasteiger partial charge in [0.05, 0.1) is 77.2 Å². The molecule has 2 amide bonds. The Morgan fingerprint density at radius 1 is 0.519 bits per heavy atom. The SMILES string of the molecule is COCCOCCCC(=O)CCC(NC(=O)CCC(NC(=O)CCOCCOP(=O)(O)C(C)C)C(=O)CCCOCCOC)C(=O)CCCOCCOC. The molecule has 3 unspecified atom stereocenters. The minimum Gasteiger partial charge on any atom is -0.382 e. The van der Waals surface area contributed by atoms with E-state index in [4.69, 9.17) is 37.7 Å². The van der Waals surface area contributed by atoms with Crippen molar-refractivity contribution in [2.24, 2.45) is 0 Å². The van der Waals surface area contributed by atoms with Gasteiger partial charge in [0.15, 0.2) is 11.6 Å². The van der Waals surface area contributed by atoms with Crippen LogP contribution in [0.1, 0.15) is 84.5 Å². The van der Waals surface area contributed by atoms with Gasteiger partial charge in [-0.3, -0.25) is 28.5 Å². The van der Waals surface area contributed by atoms with E-state index < -0.39 is 37.2 Å². The Morgan fingerprint density at radius 3 is 1.39 bits per heavy atom. The van der Waals surface area contributed by atoms with Gasteiger partial charge < -0.3 is 53.2 Å². The van der Waals surface area contributed by atoms with Crippen molar-refractivity contribution in [2.75, 3.05) is 101 Å². The molecule has 0 saturated heterocycles. The molecule has 0 fully saturated rings. The Bertz CT molecular complexity index is 1080. The summed E-state index contributed by atoms with van der Waals surface area (Å²) in [4.78, 5) is 74.6. The van der Waals surface area contributed by atoms with Crippen LogP contribution in [-0.2, 0) is 66.2 Å². The molecule has 0 aliphatic rings. The lowest BCUT2D eigenvalue weighted by molar-refractivity contribution is -0.130. The second kappa shape index (κ2) is 34.1. The fourth-order valence-electron chi connectivity index (χ4n) is 4.66. The van der Waals surface area contributed by atoms with Gasteiger partial charge in [-0.15, -0.1) is 0 Å². The first-order valence-corrected chi connectivity index (χ1v) is 20.4. The number of hydrogen-bond acceptors (Lipinski definition) is 14. The zero-order chi connectivity index (χ0) is 40.5. The van der Waals surface area contributed by atoms with E-state index >= 15 is 0 Å². The number of rotatable bonds is 39. The second-order valence-electron chi connectivity index (χ2n) is 12.8. The van der Waals surface area contributed by atoms with Gasteiger partial charge in [-0.2, -0.15) is 0 Å². The van der Waals surface area contributed by atoms with E-state index in [2.05, 4.69) is 10.6 Å². The molecule has 0 heterocycles. The summed E-state index contributed by atoms with van der Waals surface area (Å²) < 4.78 is 53.3. The standard InChI is InChI=1S/C36H67N2O15P/c1-29(2)54(44,45)53-28-27-52-20-16-36(43)38-32(34(41)11-8-19-51-26-23-48-5)14-15-35(42)37-31(33(40)10-7-18-50-25-22-47-4)13-12-30(39)9-6-17-49-24-21-46-3/h29,31-32H,6-28H2,1-5H3,(H,37,42)(H,38,43)(H,44,45). The summed E-state index contributed by atoms with van der Waals surface area (Å²) in [6.07, 6.45) is 1.78. The van der Waals surface area contributed by atoms with Gasteiger partial charge in [-0.1, -0.05) is 13.8 Å². The van der Waals surface area contributed by atoms with Crippen molar-refractivity contribution in [3.05, 3.63) is 0 Å². The van der Waals surface area contributed by atoms with E-state index in [0.29, 0.717) is 78.7 Å². The van der Waals surface area contributed by atoms with Gasteiger partial charge in [0.25, 0.3) is 0 Å². The molecule has 0 rings (SSSR count). The smallest absolute Gasteiger partial charge is 0.330 e. The summed E-state index contributed by atoms with van der Waals surface area (Å²) in [5.41, 5.74) is -0.559. The molecule has 0 aromatic heterocycles. The maximum Gasteiger partial charge on any atom is 0.330 e. The topological polar surface area (TPSA) is 221 Å². The molecule has 0 radical (unpaired) electrons. The van der Waals surface area contributed by atoms with Crippen LogP contribution in [-0.4, -0.2) is 152 Å². The molecule has 54 heavy (non-hydrogen) atoms. The molecule has 316 valence electrons. The fraction of sp³-hybridized carbons (Fsp3) is 0.861. The summed E-state index contributed by atoms with van der Waals surface area (Å²) in [6, 6.07) is -1.89. The molecule has 0 bridgehead atoms. The minimum atomic E-state index is -3.73. The maximum atomic E-state index is 13.2. The van der Waals surface area contributed by atoms with Crippen LogP contribution in [0.2, 0.25) is 0 Å². The van der Waals surface area contributed by atoms with Crippen LogP contribution in [0.4, 0.5) is 0 Å². The minimum absolute atomic E-state index is 0.00816. The predicted octanol–water partition coefficient (Wildman–Crippen LogP) is 2.57. The van der Waals surface area contributed by atoms with E-state index in [0.717, 1.165) is 0 Å². The lowest BCUT2D eigenvalue weighted by Crippen LogP contribution is -2.44. The molecule has 0 aromatic carbocycles. The van der Waals surface area contributed by atoms with Crippen LogP contribution in [0.25, 0.3) is 0 Å². The van der Waals surface area contributed by atoms with Crippen molar-refractivity contribution in [1.29, 1.82) is 0 Å². The molecule has 0 saturated carbocycles. The van der Waals surface area contributed by atoms with Crippen molar-refractivity contribution in [3.8, 4) is 0 Å². The average molecular weight is 799 g/mol. The molecule has 0 spiro atoms. The first-order chi connectivity index (χ1) is 25.9. The van der Waals surface area contributed by atoms with Gasteiger partial charge in [-0.05, 0) is 32.1 Å². The van der Waals surface area contributed by atoms with Crippen LogP contribution in [0.5, 0.6) is 0 Å². The molecule has 3 atom stereocenters. The summed E-state index contributed by atoms with van der Waals surface area (Å²) in [5.74, 6) is -1.56. The number of carbonyl (C=O) groups is 5. The number of carbonyl (C=O) groups excluding carboxylic acids is 5. The summed E-state index contributed by atoms with van der Waals surface area (Å²) in [7, 11) is 0.957. The molecular weight excluding hydrogens is 731 g/mol. The number of methoxy groups -OCH3 is 3. The first kappa shape index (κ1) is 51.8. The predicted molar refractivity (Wildman–Crippen MR) is 199 cm³/mol. The Balaban J connectivity index is 5.28. The van der Waals surface area contributed by atoms with Crippen LogP contribution in [0, 0.1) is 0 Å². The first-order valence-electron chi connectivity index (χ1n) is 18.8. The highest BCUT2D eigenvalue weighted by atomic mass is 31.2. The normalized spacial score (nSPS) is 13.7. The largest absolute Gasteiger partial charge is 0.382 e. The Morgan fingerprint density at radius 2 is 0.926 bits per heavy atom. The monoisotopic (exact) mass is 798 g/mol. The zero-order valence-electron chi connectivity index (χ0n) is 33.1. The van der Waals surface area contributed by atoms with Crippen LogP contribution >= 0.6 is 7.60 Å².